The zero-order valence-electron chi connectivity index (χ0n) is 19.4. The molecule has 1 unspecified atom stereocenters. The molecule has 0 radical (unpaired) electrons. The Hall–Kier alpha value is -1.44. The summed E-state index contributed by atoms with van der Waals surface area (Å²) in [5.74, 6) is -0.927. The van der Waals surface area contributed by atoms with Crippen LogP contribution in [-0.4, -0.2) is 55.1 Å². The summed E-state index contributed by atoms with van der Waals surface area (Å²) in [4.78, 5) is 27.6. The van der Waals surface area contributed by atoms with Crippen molar-refractivity contribution in [3.05, 3.63) is 23.9 Å². The van der Waals surface area contributed by atoms with E-state index in [0.29, 0.717) is 5.57 Å². The molecule has 0 spiro atoms. The fourth-order valence-corrected chi connectivity index (χ4v) is 5.98. The van der Waals surface area contributed by atoms with Gasteiger partial charge in [-0.3, -0.25) is 4.79 Å². The van der Waals surface area contributed by atoms with Gasteiger partial charge in [0, 0.05) is 5.92 Å². The summed E-state index contributed by atoms with van der Waals surface area (Å²) in [7, 11) is -2.05. The monoisotopic (exact) mass is 435 g/mol. The normalized spacial score (nSPS) is 28.7. The number of carbonyl (C=O) groups excluding carboxylic acids is 2. The number of carbonyl (C=O) groups is 2. The van der Waals surface area contributed by atoms with E-state index in [1.807, 2.05) is 13.8 Å². The molecule has 0 bridgehead atoms. The Morgan fingerprint density at radius 2 is 1.97 bits per heavy atom. The van der Waals surface area contributed by atoms with Gasteiger partial charge >= 0.3 is 5.97 Å². The average molecular weight is 436 g/mol. The number of amides is 1. The third kappa shape index (κ3) is 3.80. The molecular weight excluding hydrogens is 398 g/mol. The van der Waals surface area contributed by atoms with Gasteiger partial charge in [0.25, 0.3) is 0 Å². The summed E-state index contributed by atoms with van der Waals surface area (Å²) in [6, 6.07) is -0.174. The highest BCUT2D eigenvalue weighted by Gasteiger charge is 2.62. The van der Waals surface area contributed by atoms with E-state index in [1.165, 1.54) is 6.08 Å². The fraction of sp³-hybridized carbons (Fsp3) is 0.739. The summed E-state index contributed by atoms with van der Waals surface area (Å²) < 4.78 is 11.8. The van der Waals surface area contributed by atoms with Crippen molar-refractivity contribution in [2.45, 2.75) is 83.8 Å². The number of hydrogen-bond acceptors (Lipinski definition) is 5. The largest absolute Gasteiger partial charge is 0.457 e. The molecule has 7 heteroatoms. The van der Waals surface area contributed by atoms with E-state index in [9.17, 15) is 14.7 Å². The molecule has 5 atom stereocenters. The van der Waals surface area contributed by atoms with Crippen LogP contribution in [0.1, 0.15) is 47.5 Å². The maximum Gasteiger partial charge on any atom is 0.355 e. The van der Waals surface area contributed by atoms with Crippen molar-refractivity contribution in [2.24, 2.45) is 17.8 Å². The predicted molar refractivity (Wildman–Crippen MR) is 118 cm³/mol. The first-order valence-electron chi connectivity index (χ1n) is 11.0. The van der Waals surface area contributed by atoms with Gasteiger partial charge in [0.15, 0.2) is 8.32 Å². The van der Waals surface area contributed by atoms with Crippen LogP contribution in [-0.2, 0) is 18.8 Å². The van der Waals surface area contributed by atoms with E-state index in [-0.39, 0.29) is 53.1 Å². The fourth-order valence-electron chi connectivity index (χ4n) is 4.55. The second-order valence-corrected chi connectivity index (χ2v) is 15.3. The second-order valence-electron chi connectivity index (χ2n) is 10.6. The van der Waals surface area contributed by atoms with Crippen molar-refractivity contribution in [1.29, 1.82) is 0 Å². The minimum Gasteiger partial charge on any atom is -0.457 e. The molecule has 1 saturated carbocycles. The van der Waals surface area contributed by atoms with Gasteiger partial charge in [-0.05, 0) is 49.4 Å². The molecule has 30 heavy (non-hydrogen) atoms. The lowest BCUT2D eigenvalue weighted by Gasteiger charge is -2.50. The summed E-state index contributed by atoms with van der Waals surface area (Å²) in [6.45, 7) is 18.5. The highest BCUT2D eigenvalue weighted by Crippen LogP contribution is 2.52. The molecular formula is C23H37NO5Si. The van der Waals surface area contributed by atoms with Crippen LogP contribution in [0.4, 0.5) is 0 Å². The Balaban J connectivity index is 1.87. The van der Waals surface area contributed by atoms with Gasteiger partial charge in [0.1, 0.15) is 12.3 Å². The highest BCUT2D eigenvalue weighted by molar-refractivity contribution is 6.74. The molecule has 1 N–H and O–H groups in total. The first-order valence-corrected chi connectivity index (χ1v) is 13.9. The van der Waals surface area contributed by atoms with Crippen LogP contribution >= 0.6 is 0 Å². The zero-order chi connectivity index (χ0) is 22.6. The molecule has 2 aliphatic heterocycles. The molecule has 3 rings (SSSR count). The molecule has 6 nitrogen and oxygen atoms in total. The van der Waals surface area contributed by atoms with Gasteiger partial charge in [-0.25, -0.2) is 4.79 Å². The van der Waals surface area contributed by atoms with E-state index < -0.39 is 20.4 Å². The number of ether oxygens (including phenoxy) is 1. The minimum absolute atomic E-state index is 0.0419. The lowest BCUT2D eigenvalue weighted by atomic mass is 9.77. The first kappa shape index (κ1) is 23.2. The molecule has 2 heterocycles. The van der Waals surface area contributed by atoms with Gasteiger partial charge in [0.2, 0.25) is 5.91 Å². The number of fused-ring (bicyclic) bond motifs is 1. The Kier molecular flexibility index (Phi) is 6.13. The van der Waals surface area contributed by atoms with E-state index >= 15 is 0 Å². The van der Waals surface area contributed by atoms with E-state index in [2.05, 4.69) is 40.4 Å². The minimum atomic E-state index is -2.05. The Labute approximate surface area is 181 Å². The van der Waals surface area contributed by atoms with Crippen molar-refractivity contribution in [3.63, 3.8) is 0 Å². The summed E-state index contributed by atoms with van der Waals surface area (Å²) in [6.07, 6.45) is 2.44. The van der Waals surface area contributed by atoms with Crippen molar-refractivity contribution >= 4 is 20.2 Å². The number of esters is 1. The molecule has 2 fully saturated rings. The quantitative estimate of drug-likeness (QED) is 0.273. The van der Waals surface area contributed by atoms with Gasteiger partial charge in [-0.15, -0.1) is 0 Å². The molecule has 0 aromatic rings. The Morgan fingerprint density at radius 3 is 2.47 bits per heavy atom. The van der Waals surface area contributed by atoms with Gasteiger partial charge in [-0.2, -0.15) is 0 Å². The maximum atomic E-state index is 13.2. The number of aliphatic hydroxyl groups excluding tert-OH is 1. The third-order valence-electron chi connectivity index (χ3n) is 7.41. The van der Waals surface area contributed by atoms with Gasteiger partial charge < -0.3 is 19.2 Å². The van der Waals surface area contributed by atoms with E-state index in [0.717, 1.165) is 12.8 Å². The number of hydrogen-bond donors (Lipinski definition) is 1. The standard InChI is InChI=1S/C23H37NO5Si/c1-9-12-28-22(27)19-16(20(25)15-10-11-15)13(2)18-17(21(26)24(18)19)14(3)29-30(7,8)23(4,5)6/h9,13-15,17-18,20,25H,1,10-12H2,2-8H3/t13-,14+,17+,18?,20-/m0/s1. The van der Waals surface area contributed by atoms with Crippen molar-refractivity contribution in [3.8, 4) is 0 Å². The highest BCUT2D eigenvalue weighted by atomic mass is 28.4. The number of aliphatic hydroxyl groups is 1. The molecule has 1 aliphatic carbocycles. The van der Waals surface area contributed by atoms with Crippen LogP contribution < -0.4 is 0 Å². The molecule has 0 aromatic heterocycles. The molecule has 0 aromatic carbocycles. The lowest BCUT2D eigenvalue weighted by molar-refractivity contribution is -0.163. The average Bonchev–Trinajstić information content (AvgIpc) is 3.43. The Morgan fingerprint density at radius 1 is 1.37 bits per heavy atom. The van der Waals surface area contributed by atoms with Crippen LogP contribution in [0.25, 0.3) is 0 Å². The van der Waals surface area contributed by atoms with E-state index in [4.69, 9.17) is 9.16 Å². The number of nitrogens with zero attached hydrogens (tertiary/aromatic N) is 1. The molecule has 168 valence electrons. The van der Waals surface area contributed by atoms with Crippen molar-refractivity contribution in [1.82, 2.24) is 4.90 Å². The Bertz CT molecular complexity index is 764. The smallest absolute Gasteiger partial charge is 0.355 e. The lowest BCUT2D eigenvalue weighted by Crippen LogP contribution is -2.65. The van der Waals surface area contributed by atoms with Crippen LogP contribution in [0.15, 0.2) is 23.9 Å². The number of rotatable bonds is 8. The number of β-lactam (4-membered cyclic amide) rings is 1. The van der Waals surface area contributed by atoms with E-state index in [1.54, 1.807) is 4.90 Å². The van der Waals surface area contributed by atoms with Crippen molar-refractivity contribution in [2.75, 3.05) is 6.61 Å². The molecule has 3 aliphatic rings. The van der Waals surface area contributed by atoms with Gasteiger partial charge in [-0.1, -0.05) is 40.3 Å². The summed E-state index contributed by atoms with van der Waals surface area (Å²) in [5.41, 5.74) is 0.904. The summed E-state index contributed by atoms with van der Waals surface area (Å²) in [5, 5.41) is 11.0. The zero-order valence-corrected chi connectivity index (χ0v) is 20.4. The van der Waals surface area contributed by atoms with Crippen LogP contribution in [0.3, 0.4) is 0 Å². The van der Waals surface area contributed by atoms with Crippen LogP contribution in [0, 0.1) is 17.8 Å². The summed E-state index contributed by atoms with van der Waals surface area (Å²) >= 11 is 0. The van der Waals surface area contributed by atoms with Crippen LogP contribution in [0.2, 0.25) is 18.1 Å². The SMILES string of the molecule is C=CCOC(=O)C1=C([C@@H](O)C2CC2)[C@H](C)C2[C@@H]([C@@H](C)O[Si](C)(C)C(C)(C)C)C(=O)N12. The maximum absolute atomic E-state index is 13.2. The van der Waals surface area contributed by atoms with Crippen molar-refractivity contribution < 1.29 is 23.9 Å². The van der Waals surface area contributed by atoms with Gasteiger partial charge in [0.05, 0.1) is 24.2 Å². The molecule has 1 amide bonds. The van der Waals surface area contributed by atoms with Crippen LogP contribution in [0.5, 0.6) is 0 Å². The second kappa shape index (κ2) is 7.91. The first-order chi connectivity index (χ1) is 13.8. The third-order valence-corrected chi connectivity index (χ3v) is 12.0. The predicted octanol–water partition coefficient (Wildman–Crippen LogP) is 3.63. The molecule has 1 saturated heterocycles. The topological polar surface area (TPSA) is 76.1 Å².